The van der Waals surface area contributed by atoms with Gasteiger partial charge in [-0.15, -0.1) is 0 Å². The minimum Gasteiger partial charge on any atom is -0.253 e. The molecule has 0 radical (unpaired) electrons. The first-order valence-corrected chi connectivity index (χ1v) is 6.22. The normalized spacial score (nSPS) is 10.4. The van der Waals surface area contributed by atoms with Crippen molar-refractivity contribution in [2.75, 3.05) is 0 Å². The predicted molar refractivity (Wildman–Crippen MR) is 75.7 cm³/mol. The van der Waals surface area contributed by atoms with Crippen LogP contribution < -0.4 is 0 Å². The van der Waals surface area contributed by atoms with Crippen LogP contribution in [0.5, 0.6) is 0 Å². The van der Waals surface area contributed by atoms with E-state index in [0.29, 0.717) is 16.7 Å². The molecule has 19 heavy (non-hydrogen) atoms. The largest absolute Gasteiger partial charge is 0.253 e. The number of pyridine rings is 1. The summed E-state index contributed by atoms with van der Waals surface area (Å²) in [6.07, 6.45) is 1.71. The second-order valence-electron chi connectivity index (χ2n) is 3.98. The molecule has 4 heteroatoms. The van der Waals surface area contributed by atoms with Gasteiger partial charge in [-0.05, 0) is 12.1 Å². The Morgan fingerprint density at radius 1 is 0.789 bits per heavy atom. The van der Waals surface area contributed by atoms with Gasteiger partial charge in [0.05, 0.1) is 5.69 Å². The van der Waals surface area contributed by atoms with E-state index in [0.717, 1.165) is 11.3 Å². The highest BCUT2D eigenvalue weighted by Crippen LogP contribution is 2.22. The van der Waals surface area contributed by atoms with Crippen molar-refractivity contribution < 1.29 is 0 Å². The maximum absolute atomic E-state index is 6.07. The summed E-state index contributed by atoms with van der Waals surface area (Å²) in [5.74, 6) is 0.534. The van der Waals surface area contributed by atoms with Gasteiger partial charge in [0.1, 0.15) is 10.8 Å². The summed E-state index contributed by atoms with van der Waals surface area (Å²) in [6, 6.07) is 17.2. The van der Waals surface area contributed by atoms with Crippen LogP contribution in [0.1, 0.15) is 0 Å². The van der Waals surface area contributed by atoms with Gasteiger partial charge in [0.15, 0.2) is 5.82 Å². The van der Waals surface area contributed by atoms with Crippen molar-refractivity contribution in [1.29, 1.82) is 0 Å². The average Bonchev–Trinajstić information content (AvgIpc) is 2.48. The fourth-order valence-corrected chi connectivity index (χ4v) is 1.97. The lowest BCUT2D eigenvalue weighted by Gasteiger charge is -2.04. The molecule has 3 aromatic rings. The molecular formula is C15H10ClN3. The Labute approximate surface area is 116 Å². The third-order valence-electron chi connectivity index (χ3n) is 2.66. The standard InChI is InChI=1S/C15H10ClN3/c16-14-10-13(11-6-2-1-3-7-11)18-15(19-14)12-8-4-5-9-17-12/h1-10H. The highest BCUT2D eigenvalue weighted by atomic mass is 35.5. The molecule has 0 amide bonds. The number of hydrogen-bond donors (Lipinski definition) is 0. The molecule has 0 spiro atoms. The molecule has 0 N–H and O–H groups in total. The number of halogens is 1. The maximum Gasteiger partial charge on any atom is 0.180 e. The molecular weight excluding hydrogens is 258 g/mol. The van der Waals surface area contributed by atoms with Crippen molar-refractivity contribution in [2.45, 2.75) is 0 Å². The highest BCUT2D eigenvalue weighted by Gasteiger charge is 2.07. The van der Waals surface area contributed by atoms with Crippen LogP contribution in [0.25, 0.3) is 22.8 Å². The van der Waals surface area contributed by atoms with Crippen LogP contribution in [-0.4, -0.2) is 15.0 Å². The van der Waals surface area contributed by atoms with Crippen molar-refractivity contribution in [1.82, 2.24) is 15.0 Å². The Morgan fingerprint density at radius 2 is 1.58 bits per heavy atom. The molecule has 0 saturated heterocycles. The lowest BCUT2D eigenvalue weighted by atomic mass is 10.1. The Morgan fingerprint density at radius 3 is 2.32 bits per heavy atom. The van der Waals surface area contributed by atoms with Crippen LogP contribution in [0.2, 0.25) is 5.15 Å². The number of rotatable bonds is 2. The first-order valence-electron chi connectivity index (χ1n) is 5.84. The lowest BCUT2D eigenvalue weighted by molar-refractivity contribution is 1.14. The topological polar surface area (TPSA) is 38.7 Å². The average molecular weight is 268 g/mol. The van der Waals surface area contributed by atoms with Crippen LogP contribution >= 0.6 is 11.6 Å². The summed E-state index contributed by atoms with van der Waals surface area (Å²) in [4.78, 5) is 13.0. The Kier molecular flexibility index (Phi) is 3.21. The molecule has 0 saturated carbocycles. The summed E-state index contributed by atoms with van der Waals surface area (Å²) in [5.41, 5.74) is 2.51. The van der Waals surface area contributed by atoms with E-state index in [1.54, 1.807) is 12.3 Å². The van der Waals surface area contributed by atoms with Crippen LogP contribution in [-0.2, 0) is 0 Å². The Bertz CT molecular complexity index is 627. The maximum atomic E-state index is 6.07. The molecule has 2 heterocycles. The third kappa shape index (κ3) is 2.61. The molecule has 0 aliphatic rings. The van der Waals surface area contributed by atoms with Gasteiger partial charge in [-0.3, -0.25) is 4.98 Å². The van der Waals surface area contributed by atoms with Gasteiger partial charge < -0.3 is 0 Å². The molecule has 0 fully saturated rings. The molecule has 0 atom stereocenters. The Hall–Kier alpha value is -2.26. The Balaban J connectivity index is 2.12. The zero-order chi connectivity index (χ0) is 13.1. The van der Waals surface area contributed by atoms with E-state index >= 15 is 0 Å². The van der Waals surface area contributed by atoms with Gasteiger partial charge in [0.25, 0.3) is 0 Å². The third-order valence-corrected chi connectivity index (χ3v) is 2.85. The smallest absolute Gasteiger partial charge is 0.180 e. The van der Waals surface area contributed by atoms with Gasteiger partial charge in [0, 0.05) is 17.8 Å². The zero-order valence-corrected chi connectivity index (χ0v) is 10.7. The van der Waals surface area contributed by atoms with E-state index in [4.69, 9.17) is 11.6 Å². The van der Waals surface area contributed by atoms with E-state index < -0.39 is 0 Å². The molecule has 3 nitrogen and oxygen atoms in total. The van der Waals surface area contributed by atoms with Gasteiger partial charge in [0.2, 0.25) is 0 Å². The number of aromatic nitrogens is 3. The minimum absolute atomic E-state index is 0.412. The van der Waals surface area contributed by atoms with E-state index in [1.807, 2.05) is 48.5 Å². The quantitative estimate of drug-likeness (QED) is 0.662. The molecule has 3 rings (SSSR count). The van der Waals surface area contributed by atoms with Gasteiger partial charge in [-0.2, -0.15) is 0 Å². The lowest BCUT2D eigenvalue weighted by Crippen LogP contribution is -1.94. The van der Waals surface area contributed by atoms with Crippen molar-refractivity contribution >= 4 is 11.6 Å². The number of hydrogen-bond acceptors (Lipinski definition) is 3. The van der Waals surface area contributed by atoms with Crippen molar-refractivity contribution in [3.8, 4) is 22.8 Å². The van der Waals surface area contributed by atoms with Crippen LogP contribution in [0.3, 0.4) is 0 Å². The van der Waals surface area contributed by atoms with Crippen LogP contribution in [0, 0.1) is 0 Å². The first kappa shape index (κ1) is 11.8. The van der Waals surface area contributed by atoms with Crippen molar-refractivity contribution in [3.63, 3.8) is 0 Å². The highest BCUT2D eigenvalue weighted by molar-refractivity contribution is 6.29. The first-order chi connectivity index (χ1) is 9.33. The minimum atomic E-state index is 0.412. The summed E-state index contributed by atoms with van der Waals surface area (Å²) >= 11 is 6.07. The second kappa shape index (κ2) is 5.16. The van der Waals surface area contributed by atoms with Gasteiger partial charge in [-0.1, -0.05) is 48.0 Å². The SMILES string of the molecule is Clc1cc(-c2ccccc2)nc(-c2ccccn2)n1. The number of nitrogens with zero attached hydrogens (tertiary/aromatic N) is 3. The van der Waals surface area contributed by atoms with Crippen molar-refractivity contribution in [2.24, 2.45) is 0 Å². The fraction of sp³-hybridized carbons (Fsp3) is 0. The van der Waals surface area contributed by atoms with E-state index in [1.165, 1.54) is 0 Å². The van der Waals surface area contributed by atoms with Gasteiger partial charge in [-0.25, -0.2) is 9.97 Å². The summed E-state index contributed by atoms with van der Waals surface area (Å²) in [5, 5.41) is 0.412. The molecule has 0 aliphatic carbocycles. The van der Waals surface area contributed by atoms with Gasteiger partial charge >= 0.3 is 0 Å². The predicted octanol–water partition coefficient (Wildman–Crippen LogP) is 3.86. The molecule has 92 valence electrons. The molecule has 0 bridgehead atoms. The second-order valence-corrected chi connectivity index (χ2v) is 4.37. The molecule has 1 aromatic carbocycles. The monoisotopic (exact) mass is 267 g/mol. The number of benzene rings is 1. The summed E-state index contributed by atoms with van der Waals surface area (Å²) < 4.78 is 0. The van der Waals surface area contributed by atoms with E-state index in [-0.39, 0.29) is 0 Å². The fourth-order valence-electron chi connectivity index (χ4n) is 1.78. The molecule has 0 unspecified atom stereocenters. The summed E-state index contributed by atoms with van der Waals surface area (Å²) in [7, 11) is 0. The van der Waals surface area contributed by atoms with Crippen molar-refractivity contribution in [3.05, 3.63) is 65.9 Å². The zero-order valence-electron chi connectivity index (χ0n) is 9.99. The van der Waals surface area contributed by atoms with E-state index in [2.05, 4.69) is 15.0 Å². The van der Waals surface area contributed by atoms with Crippen LogP contribution in [0.15, 0.2) is 60.8 Å². The van der Waals surface area contributed by atoms with Crippen LogP contribution in [0.4, 0.5) is 0 Å². The van der Waals surface area contributed by atoms with E-state index in [9.17, 15) is 0 Å². The molecule has 2 aromatic heterocycles. The molecule has 0 aliphatic heterocycles. The summed E-state index contributed by atoms with van der Waals surface area (Å²) in [6.45, 7) is 0.